The van der Waals surface area contributed by atoms with E-state index < -0.39 is 16.1 Å². The van der Waals surface area contributed by atoms with Crippen molar-refractivity contribution in [2.45, 2.75) is 62.1 Å². The van der Waals surface area contributed by atoms with Gasteiger partial charge in [0.15, 0.2) is 0 Å². The SMILES string of the molecule is COc1ccc(S(=O)(=O)N(CC(O)CN2C(=O)C(C)NC[C@@H]2Cc2ccccc2)CC2CCCC2)cc1. The lowest BCUT2D eigenvalue weighted by molar-refractivity contribution is -0.140. The number of aliphatic hydroxyl groups is 1. The molecule has 9 heteroatoms. The molecule has 2 unspecified atom stereocenters. The van der Waals surface area contributed by atoms with Crippen LogP contribution in [0.25, 0.3) is 0 Å². The average molecular weight is 530 g/mol. The van der Waals surface area contributed by atoms with E-state index in [1.165, 1.54) is 11.4 Å². The van der Waals surface area contributed by atoms with Crippen LogP contribution in [0.4, 0.5) is 0 Å². The maximum absolute atomic E-state index is 13.7. The Morgan fingerprint density at radius 1 is 1.11 bits per heavy atom. The number of piperazine rings is 1. The van der Waals surface area contributed by atoms with Crippen molar-refractivity contribution in [1.29, 1.82) is 0 Å². The topological polar surface area (TPSA) is 99.2 Å². The van der Waals surface area contributed by atoms with Crippen molar-refractivity contribution in [1.82, 2.24) is 14.5 Å². The molecule has 0 radical (unpaired) electrons. The Morgan fingerprint density at radius 3 is 2.43 bits per heavy atom. The summed E-state index contributed by atoms with van der Waals surface area (Å²) in [4.78, 5) is 15.0. The number of methoxy groups -OCH3 is 1. The van der Waals surface area contributed by atoms with Gasteiger partial charge in [0.25, 0.3) is 0 Å². The van der Waals surface area contributed by atoms with Crippen LogP contribution in [0.5, 0.6) is 5.75 Å². The summed E-state index contributed by atoms with van der Waals surface area (Å²) in [6.45, 7) is 2.83. The van der Waals surface area contributed by atoms with Crippen LogP contribution in [-0.4, -0.2) is 80.1 Å². The summed E-state index contributed by atoms with van der Waals surface area (Å²) in [5.41, 5.74) is 1.11. The van der Waals surface area contributed by atoms with Crippen LogP contribution in [-0.2, 0) is 21.2 Å². The Balaban J connectivity index is 1.51. The molecule has 1 heterocycles. The monoisotopic (exact) mass is 529 g/mol. The minimum absolute atomic E-state index is 0.0610. The van der Waals surface area contributed by atoms with Crippen LogP contribution >= 0.6 is 0 Å². The van der Waals surface area contributed by atoms with Gasteiger partial charge in [0, 0.05) is 32.2 Å². The second-order valence-corrected chi connectivity index (χ2v) is 12.2. The number of amides is 1. The molecule has 3 atom stereocenters. The third-order valence-electron chi connectivity index (χ3n) is 7.52. The molecule has 2 fully saturated rings. The van der Waals surface area contributed by atoms with Gasteiger partial charge in [0.2, 0.25) is 15.9 Å². The first-order chi connectivity index (χ1) is 17.8. The maximum atomic E-state index is 13.7. The van der Waals surface area contributed by atoms with Crippen molar-refractivity contribution in [3.05, 3.63) is 60.2 Å². The molecule has 1 saturated heterocycles. The van der Waals surface area contributed by atoms with Gasteiger partial charge in [-0.15, -0.1) is 0 Å². The highest BCUT2D eigenvalue weighted by Gasteiger charge is 2.36. The second-order valence-electron chi connectivity index (χ2n) is 10.3. The predicted octanol–water partition coefficient (Wildman–Crippen LogP) is 2.67. The molecule has 2 aromatic rings. The van der Waals surface area contributed by atoms with Crippen molar-refractivity contribution in [2.75, 3.05) is 33.3 Å². The zero-order valence-electron chi connectivity index (χ0n) is 21.8. The Bertz CT molecular complexity index is 1120. The Morgan fingerprint density at radius 2 is 1.78 bits per heavy atom. The molecule has 1 amide bonds. The third-order valence-corrected chi connectivity index (χ3v) is 9.37. The lowest BCUT2D eigenvalue weighted by Gasteiger charge is -2.40. The first-order valence-electron chi connectivity index (χ1n) is 13.2. The first-order valence-corrected chi connectivity index (χ1v) is 14.6. The Kier molecular flexibility index (Phi) is 9.23. The van der Waals surface area contributed by atoms with Crippen molar-refractivity contribution >= 4 is 15.9 Å². The molecular weight excluding hydrogens is 490 g/mol. The van der Waals surface area contributed by atoms with Gasteiger partial charge in [-0.3, -0.25) is 4.79 Å². The summed E-state index contributed by atoms with van der Waals surface area (Å²) in [6.07, 6.45) is 3.81. The zero-order valence-corrected chi connectivity index (χ0v) is 22.6. The normalized spacial score (nSPS) is 21.9. The predicted molar refractivity (Wildman–Crippen MR) is 143 cm³/mol. The van der Waals surface area contributed by atoms with Crippen molar-refractivity contribution in [2.24, 2.45) is 5.92 Å². The molecule has 2 aromatic carbocycles. The van der Waals surface area contributed by atoms with Crippen LogP contribution in [0.3, 0.4) is 0 Å². The van der Waals surface area contributed by atoms with E-state index in [4.69, 9.17) is 4.74 Å². The molecule has 37 heavy (non-hydrogen) atoms. The average Bonchev–Trinajstić information content (AvgIpc) is 3.42. The largest absolute Gasteiger partial charge is 0.497 e. The molecule has 202 valence electrons. The molecule has 0 spiro atoms. The zero-order chi connectivity index (χ0) is 26.4. The molecule has 1 saturated carbocycles. The smallest absolute Gasteiger partial charge is 0.243 e. The van der Waals surface area contributed by atoms with Gasteiger partial charge in [-0.25, -0.2) is 8.42 Å². The van der Waals surface area contributed by atoms with Gasteiger partial charge < -0.3 is 20.1 Å². The highest BCUT2D eigenvalue weighted by Crippen LogP contribution is 2.28. The lowest BCUT2D eigenvalue weighted by Crippen LogP contribution is -2.61. The number of carbonyl (C=O) groups is 1. The van der Waals surface area contributed by atoms with E-state index in [-0.39, 0.29) is 41.9 Å². The van der Waals surface area contributed by atoms with E-state index in [0.29, 0.717) is 25.3 Å². The molecule has 8 nitrogen and oxygen atoms in total. The fourth-order valence-electron chi connectivity index (χ4n) is 5.41. The highest BCUT2D eigenvalue weighted by molar-refractivity contribution is 7.89. The van der Waals surface area contributed by atoms with Crippen molar-refractivity contribution < 1.29 is 23.1 Å². The summed E-state index contributed by atoms with van der Waals surface area (Å²) >= 11 is 0. The van der Waals surface area contributed by atoms with Gasteiger partial charge in [-0.2, -0.15) is 4.31 Å². The standard InChI is InChI=1S/C28H39N3O5S/c1-21-28(33)31(24(17-29-21)16-22-8-4-3-5-9-22)20-25(32)19-30(18-23-10-6-7-11-23)37(34,35)27-14-12-26(36-2)13-15-27/h3-5,8-9,12-15,21,23-25,29,32H,6-7,10-11,16-20H2,1-2H3/t21?,24-,25?/m0/s1. The second kappa shape index (κ2) is 12.4. The number of nitrogens with zero attached hydrogens (tertiary/aromatic N) is 2. The van der Waals surface area contributed by atoms with Gasteiger partial charge in [-0.1, -0.05) is 43.2 Å². The number of β-amino-alcohol motifs (C(OH)–C–C–N with tert-alkyl or cyclic N) is 1. The number of sulfonamides is 1. The van der Waals surface area contributed by atoms with Crippen molar-refractivity contribution in [3.63, 3.8) is 0 Å². The van der Waals surface area contributed by atoms with Crippen LogP contribution in [0.15, 0.2) is 59.5 Å². The Labute approximate surface area is 220 Å². The molecule has 2 aliphatic rings. The summed E-state index contributed by atoms with van der Waals surface area (Å²) in [7, 11) is -2.30. The van der Waals surface area contributed by atoms with Gasteiger partial charge in [0.1, 0.15) is 5.75 Å². The Hall–Kier alpha value is -2.46. The number of nitrogens with one attached hydrogen (secondary N) is 1. The van der Waals surface area contributed by atoms with E-state index in [2.05, 4.69) is 5.32 Å². The van der Waals surface area contributed by atoms with E-state index in [1.807, 2.05) is 37.3 Å². The van der Waals surface area contributed by atoms with E-state index in [1.54, 1.807) is 29.2 Å². The minimum atomic E-state index is -3.83. The minimum Gasteiger partial charge on any atom is -0.497 e. The summed E-state index contributed by atoms with van der Waals surface area (Å²) in [6, 6.07) is 15.8. The van der Waals surface area contributed by atoms with E-state index >= 15 is 0 Å². The molecule has 1 aliphatic carbocycles. The maximum Gasteiger partial charge on any atom is 0.243 e. The molecular formula is C28H39N3O5S. The number of rotatable bonds is 11. The molecule has 1 aliphatic heterocycles. The van der Waals surface area contributed by atoms with Gasteiger partial charge >= 0.3 is 0 Å². The quantitative estimate of drug-likeness (QED) is 0.464. The number of hydrogen-bond donors (Lipinski definition) is 2. The molecule has 4 rings (SSSR count). The van der Waals surface area contributed by atoms with E-state index in [9.17, 15) is 18.3 Å². The van der Waals surface area contributed by atoms with Crippen molar-refractivity contribution in [3.8, 4) is 5.75 Å². The summed E-state index contributed by atoms with van der Waals surface area (Å²) in [5.74, 6) is 0.774. The number of hydrogen-bond acceptors (Lipinski definition) is 6. The molecule has 0 bridgehead atoms. The van der Waals surface area contributed by atoms with Gasteiger partial charge in [0.05, 0.1) is 24.2 Å². The van der Waals surface area contributed by atoms with Crippen LogP contribution in [0.1, 0.15) is 38.2 Å². The first kappa shape index (κ1) is 27.6. The van der Waals surface area contributed by atoms with Crippen LogP contribution < -0.4 is 10.1 Å². The fourth-order valence-corrected chi connectivity index (χ4v) is 6.97. The number of carbonyl (C=O) groups excluding carboxylic acids is 1. The number of benzene rings is 2. The third kappa shape index (κ3) is 6.90. The number of ether oxygens (including phenoxy) is 1. The van der Waals surface area contributed by atoms with Crippen LogP contribution in [0, 0.1) is 5.92 Å². The van der Waals surface area contributed by atoms with Crippen LogP contribution in [0.2, 0.25) is 0 Å². The lowest BCUT2D eigenvalue weighted by atomic mass is 10.00. The molecule has 0 aromatic heterocycles. The summed E-state index contributed by atoms with van der Waals surface area (Å²) in [5, 5.41) is 14.4. The highest BCUT2D eigenvalue weighted by atomic mass is 32.2. The fraction of sp³-hybridized carbons (Fsp3) is 0.536. The van der Waals surface area contributed by atoms with E-state index in [0.717, 1.165) is 31.2 Å². The number of aliphatic hydroxyl groups excluding tert-OH is 1. The summed E-state index contributed by atoms with van der Waals surface area (Å²) < 4.78 is 33.9. The van der Waals surface area contributed by atoms with Gasteiger partial charge in [-0.05, 0) is 61.9 Å². The molecule has 2 N–H and O–H groups in total.